The van der Waals surface area contributed by atoms with E-state index in [4.69, 9.17) is 0 Å². The standard InChI is InChI=1S/C16H20N2O/c1-10-5-6-11(2)14(7-10)9-16(19)15-8-12(3)17-18-13(15)4/h5-8,16,19H,9H2,1-4H3. The first-order chi connectivity index (χ1) is 8.97. The number of hydrogen-bond donors (Lipinski definition) is 1. The Hall–Kier alpha value is -1.74. The molecule has 0 aliphatic rings. The zero-order chi connectivity index (χ0) is 14.0. The molecule has 0 saturated carbocycles. The fourth-order valence-electron chi connectivity index (χ4n) is 2.25. The predicted octanol–water partition coefficient (Wildman–Crippen LogP) is 2.99. The molecule has 3 nitrogen and oxygen atoms in total. The van der Waals surface area contributed by atoms with E-state index in [1.807, 2.05) is 19.9 Å². The molecule has 0 fully saturated rings. The van der Waals surface area contributed by atoms with E-state index in [9.17, 15) is 5.11 Å². The molecule has 1 heterocycles. The molecule has 1 N–H and O–H groups in total. The van der Waals surface area contributed by atoms with Crippen molar-refractivity contribution in [3.8, 4) is 0 Å². The van der Waals surface area contributed by atoms with E-state index in [-0.39, 0.29) is 0 Å². The number of aliphatic hydroxyl groups excluding tert-OH is 1. The number of benzene rings is 1. The summed E-state index contributed by atoms with van der Waals surface area (Å²) in [6.07, 6.45) is 0.0779. The van der Waals surface area contributed by atoms with Crippen molar-refractivity contribution in [3.63, 3.8) is 0 Å². The van der Waals surface area contributed by atoms with Gasteiger partial charge in [0, 0.05) is 12.0 Å². The molecule has 0 saturated heterocycles. The van der Waals surface area contributed by atoms with Gasteiger partial charge in [-0.2, -0.15) is 10.2 Å². The summed E-state index contributed by atoms with van der Waals surface area (Å²) in [5.74, 6) is 0. The third-order valence-electron chi connectivity index (χ3n) is 3.42. The second-order valence-corrected chi connectivity index (χ2v) is 5.18. The summed E-state index contributed by atoms with van der Waals surface area (Å²) < 4.78 is 0. The summed E-state index contributed by atoms with van der Waals surface area (Å²) in [6, 6.07) is 8.24. The van der Waals surface area contributed by atoms with Crippen molar-refractivity contribution in [3.05, 3.63) is 57.9 Å². The molecule has 1 unspecified atom stereocenters. The van der Waals surface area contributed by atoms with Crippen LogP contribution >= 0.6 is 0 Å². The van der Waals surface area contributed by atoms with Crippen LogP contribution in [0.3, 0.4) is 0 Å². The van der Waals surface area contributed by atoms with Gasteiger partial charge in [-0.15, -0.1) is 0 Å². The van der Waals surface area contributed by atoms with Crippen molar-refractivity contribution >= 4 is 0 Å². The number of rotatable bonds is 3. The smallest absolute Gasteiger partial charge is 0.0849 e. The van der Waals surface area contributed by atoms with Gasteiger partial charge in [0.15, 0.2) is 0 Å². The molecule has 2 rings (SSSR count). The molecule has 0 aliphatic carbocycles. The number of hydrogen-bond acceptors (Lipinski definition) is 3. The fraction of sp³-hybridized carbons (Fsp3) is 0.375. The molecule has 3 heteroatoms. The van der Waals surface area contributed by atoms with Gasteiger partial charge < -0.3 is 5.11 Å². The lowest BCUT2D eigenvalue weighted by atomic mass is 9.96. The van der Waals surface area contributed by atoms with Crippen LogP contribution in [0.4, 0.5) is 0 Å². The van der Waals surface area contributed by atoms with E-state index < -0.39 is 6.10 Å². The maximum Gasteiger partial charge on any atom is 0.0849 e. The third kappa shape index (κ3) is 3.18. The Balaban J connectivity index is 2.27. The van der Waals surface area contributed by atoms with E-state index in [2.05, 4.69) is 42.2 Å². The number of nitrogens with zero attached hydrogens (tertiary/aromatic N) is 2. The van der Waals surface area contributed by atoms with Crippen LogP contribution in [-0.2, 0) is 6.42 Å². The second kappa shape index (κ2) is 5.49. The lowest BCUT2D eigenvalue weighted by Gasteiger charge is -2.15. The van der Waals surface area contributed by atoms with Crippen molar-refractivity contribution in [1.29, 1.82) is 0 Å². The van der Waals surface area contributed by atoms with Crippen molar-refractivity contribution in [2.24, 2.45) is 0 Å². The van der Waals surface area contributed by atoms with Crippen LogP contribution in [0.2, 0.25) is 0 Å². The lowest BCUT2D eigenvalue weighted by Crippen LogP contribution is -2.08. The van der Waals surface area contributed by atoms with Gasteiger partial charge in [0.05, 0.1) is 17.5 Å². The van der Waals surface area contributed by atoms with E-state index in [0.717, 1.165) is 17.0 Å². The summed E-state index contributed by atoms with van der Waals surface area (Å²) >= 11 is 0. The van der Waals surface area contributed by atoms with Gasteiger partial charge in [-0.3, -0.25) is 0 Å². The van der Waals surface area contributed by atoms with E-state index in [0.29, 0.717) is 6.42 Å². The van der Waals surface area contributed by atoms with Crippen molar-refractivity contribution in [2.45, 2.75) is 40.2 Å². The first-order valence-electron chi connectivity index (χ1n) is 6.52. The highest BCUT2D eigenvalue weighted by Gasteiger charge is 2.14. The maximum atomic E-state index is 10.4. The van der Waals surface area contributed by atoms with Gasteiger partial charge in [-0.05, 0) is 44.9 Å². The van der Waals surface area contributed by atoms with Crippen molar-refractivity contribution < 1.29 is 5.11 Å². The molecule has 0 spiro atoms. The molecular formula is C16H20N2O. The maximum absolute atomic E-state index is 10.4. The highest BCUT2D eigenvalue weighted by Crippen LogP contribution is 2.23. The molecule has 0 bridgehead atoms. The minimum absolute atomic E-state index is 0.533. The molecule has 1 aromatic heterocycles. The van der Waals surface area contributed by atoms with Crippen LogP contribution in [0, 0.1) is 27.7 Å². The minimum atomic E-state index is -0.533. The van der Waals surface area contributed by atoms with Crippen LogP contribution in [0.5, 0.6) is 0 Å². The predicted molar refractivity (Wildman–Crippen MR) is 76.1 cm³/mol. The average Bonchev–Trinajstić information content (AvgIpc) is 2.36. The number of aromatic nitrogens is 2. The first-order valence-corrected chi connectivity index (χ1v) is 6.52. The Kier molecular flexibility index (Phi) is 3.96. The Bertz CT molecular complexity index is 593. The van der Waals surface area contributed by atoms with Gasteiger partial charge in [-0.1, -0.05) is 23.8 Å². The summed E-state index contributed by atoms with van der Waals surface area (Å²) in [4.78, 5) is 0. The van der Waals surface area contributed by atoms with Crippen LogP contribution in [0.25, 0.3) is 0 Å². The van der Waals surface area contributed by atoms with Crippen LogP contribution in [0.1, 0.15) is 39.7 Å². The van der Waals surface area contributed by atoms with Crippen LogP contribution in [-0.4, -0.2) is 15.3 Å². The summed E-state index contributed by atoms with van der Waals surface area (Å²) in [6.45, 7) is 7.91. The largest absolute Gasteiger partial charge is 0.388 e. The average molecular weight is 256 g/mol. The van der Waals surface area contributed by atoms with Gasteiger partial charge in [0.1, 0.15) is 0 Å². The van der Waals surface area contributed by atoms with Crippen LogP contribution < -0.4 is 0 Å². The summed E-state index contributed by atoms with van der Waals surface area (Å²) in [7, 11) is 0. The molecule has 1 aromatic carbocycles. The molecule has 2 aromatic rings. The molecule has 0 aliphatic heterocycles. The Morgan fingerprint density at radius 2 is 1.79 bits per heavy atom. The zero-order valence-corrected chi connectivity index (χ0v) is 11.9. The van der Waals surface area contributed by atoms with Gasteiger partial charge in [-0.25, -0.2) is 0 Å². The zero-order valence-electron chi connectivity index (χ0n) is 11.9. The molecule has 0 radical (unpaired) electrons. The summed E-state index contributed by atoms with van der Waals surface area (Å²) in [5.41, 5.74) is 6.10. The minimum Gasteiger partial charge on any atom is -0.388 e. The lowest BCUT2D eigenvalue weighted by molar-refractivity contribution is 0.176. The molecule has 100 valence electrons. The highest BCUT2D eigenvalue weighted by molar-refractivity contribution is 5.33. The van der Waals surface area contributed by atoms with Crippen molar-refractivity contribution in [1.82, 2.24) is 10.2 Å². The van der Waals surface area contributed by atoms with Gasteiger partial charge in [0.25, 0.3) is 0 Å². The third-order valence-corrected chi connectivity index (χ3v) is 3.42. The fourth-order valence-corrected chi connectivity index (χ4v) is 2.25. The quantitative estimate of drug-likeness (QED) is 0.918. The SMILES string of the molecule is Cc1ccc(C)c(CC(O)c2cc(C)nnc2C)c1. The number of aryl methyl sites for hydroxylation is 4. The molecule has 1 atom stereocenters. The van der Waals surface area contributed by atoms with Crippen molar-refractivity contribution in [2.75, 3.05) is 0 Å². The van der Waals surface area contributed by atoms with E-state index in [1.165, 1.54) is 16.7 Å². The molecule has 0 amide bonds. The Morgan fingerprint density at radius 3 is 2.53 bits per heavy atom. The highest BCUT2D eigenvalue weighted by atomic mass is 16.3. The van der Waals surface area contributed by atoms with E-state index >= 15 is 0 Å². The second-order valence-electron chi connectivity index (χ2n) is 5.18. The summed E-state index contributed by atoms with van der Waals surface area (Å²) in [5, 5.41) is 18.5. The van der Waals surface area contributed by atoms with Gasteiger partial charge >= 0.3 is 0 Å². The Morgan fingerprint density at radius 1 is 1.05 bits per heavy atom. The molecule has 19 heavy (non-hydrogen) atoms. The molecular weight excluding hydrogens is 236 g/mol. The van der Waals surface area contributed by atoms with E-state index in [1.54, 1.807) is 0 Å². The van der Waals surface area contributed by atoms with Crippen LogP contribution in [0.15, 0.2) is 24.3 Å². The first kappa shape index (κ1) is 13.7. The normalized spacial score (nSPS) is 12.5. The topological polar surface area (TPSA) is 46.0 Å². The Labute approximate surface area is 114 Å². The van der Waals surface area contributed by atoms with Gasteiger partial charge in [0.2, 0.25) is 0 Å². The number of aliphatic hydroxyl groups is 1. The monoisotopic (exact) mass is 256 g/mol.